The predicted octanol–water partition coefficient (Wildman–Crippen LogP) is 2.65. The van der Waals surface area contributed by atoms with Gasteiger partial charge in [-0.25, -0.2) is 9.78 Å². The number of likely N-dealkylation sites (N-methyl/N-ethyl adjacent to an activating group) is 1. The monoisotopic (exact) mass is 342 g/mol. The molecule has 1 aromatic heterocycles. The maximum atomic E-state index is 12.2. The lowest BCUT2D eigenvalue weighted by Crippen LogP contribution is -2.42. The number of hydrogen-bond donors (Lipinski definition) is 0. The molecule has 0 fully saturated rings. The lowest BCUT2D eigenvalue weighted by molar-refractivity contribution is 0.223. The molecule has 1 rings (SSSR count). The van der Waals surface area contributed by atoms with Gasteiger partial charge in [0, 0.05) is 32.1 Å². The number of aromatic nitrogens is 1. The van der Waals surface area contributed by atoms with E-state index in [1.807, 2.05) is 27.9 Å². The normalized spacial score (nSPS) is 9.75. The zero-order valence-electron chi connectivity index (χ0n) is 12.8. The first-order valence-electron chi connectivity index (χ1n) is 5.90. The van der Waals surface area contributed by atoms with Gasteiger partial charge in [-0.15, -0.1) is 36.2 Å². The molecular weight excluding hydrogens is 319 g/mol. The van der Waals surface area contributed by atoms with Crippen molar-refractivity contribution in [2.24, 2.45) is 0 Å². The van der Waals surface area contributed by atoms with E-state index in [1.54, 1.807) is 35.2 Å². The molecule has 0 aliphatic rings. The van der Waals surface area contributed by atoms with Gasteiger partial charge < -0.3 is 9.80 Å². The summed E-state index contributed by atoms with van der Waals surface area (Å²) >= 11 is 1.57. The quantitative estimate of drug-likeness (QED) is 0.844. The molecule has 1 heterocycles. The van der Waals surface area contributed by atoms with E-state index in [0.29, 0.717) is 6.54 Å². The van der Waals surface area contributed by atoms with Crippen molar-refractivity contribution in [2.45, 2.75) is 13.8 Å². The Labute approximate surface area is 137 Å². The van der Waals surface area contributed by atoms with Crippen LogP contribution in [0.3, 0.4) is 0 Å². The maximum absolute atomic E-state index is 12.2. The molecule has 1 aromatic rings. The minimum Gasteiger partial charge on any atom is -0.330 e. The molecule has 2 amide bonds. The van der Waals surface area contributed by atoms with Crippen LogP contribution in [0.5, 0.6) is 0 Å². The highest BCUT2D eigenvalue weighted by Crippen LogP contribution is 2.25. The van der Waals surface area contributed by atoms with Gasteiger partial charge in [-0.2, -0.15) is 0 Å². The van der Waals surface area contributed by atoms with E-state index in [9.17, 15) is 4.79 Å². The van der Waals surface area contributed by atoms with Crippen molar-refractivity contribution in [3.8, 4) is 0 Å². The molecule has 0 unspecified atom stereocenters. The molecule has 20 heavy (non-hydrogen) atoms. The third-order valence-corrected chi connectivity index (χ3v) is 3.73. The molecule has 118 valence electrons. The molecule has 0 aromatic carbocycles. The minimum absolute atomic E-state index is 0. The second-order valence-electron chi connectivity index (χ2n) is 4.77. The summed E-state index contributed by atoms with van der Waals surface area (Å²) in [5.74, 6) is 0. The van der Waals surface area contributed by atoms with Crippen LogP contribution in [0.4, 0.5) is 9.93 Å². The fourth-order valence-corrected chi connectivity index (χ4v) is 2.32. The third-order valence-electron chi connectivity index (χ3n) is 2.63. The summed E-state index contributed by atoms with van der Waals surface area (Å²) in [5.41, 5.74) is 0.997. The Kier molecular flexibility index (Phi) is 10.2. The molecule has 5 nitrogen and oxygen atoms in total. The van der Waals surface area contributed by atoms with Crippen molar-refractivity contribution in [1.82, 2.24) is 14.8 Å². The van der Waals surface area contributed by atoms with Gasteiger partial charge in [0.25, 0.3) is 0 Å². The number of urea groups is 1. The minimum atomic E-state index is -0.0226. The summed E-state index contributed by atoms with van der Waals surface area (Å²) in [7, 11) is 7.52. The van der Waals surface area contributed by atoms with Crippen LogP contribution in [0, 0.1) is 13.8 Å². The van der Waals surface area contributed by atoms with Crippen LogP contribution >= 0.6 is 36.2 Å². The third kappa shape index (κ3) is 5.83. The Bertz CT molecular complexity index is 404. The van der Waals surface area contributed by atoms with Crippen molar-refractivity contribution >= 4 is 47.3 Å². The van der Waals surface area contributed by atoms with Gasteiger partial charge in [-0.1, -0.05) is 0 Å². The average Bonchev–Trinajstić information content (AvgIpc) is 2.58. The van der Waals surface area contributed by atoms with E-state index in [-0.39, 0.29) is 30.8 Å². The van der Waals surface area contributed by atoms with E-state index in [1.165, 1.54) is 0 Å². The van der Waals surface area contributed by atoms with Crippen LogP contribution in [0.15, 0.2) is 0 Å². The molecule has 0 N–H and O–H groups in total. The van der Waals surface area contributed by atoms with Gasteiger partial charge in [0.2, 0.25) is 0 Å². The van der Waals surface area contributed by atoms with Crippen LogP contribution in [0.1, 0.15) is 10.6 Å². The number of carbonyl (C=O) groups is 1. The number of hydrogen-bond acceptors (Lipinski definition) is 4. The largest absolute Gasteiger partial charge is 0.330 e. The summed E-state index contributed by atoms with van der Waals surface area (Å²) in [6.07, 6.45) is 0. The molecular formula is C12H24Cl2N4OS. The zero-order chi connectivity index (χ0) is 13.9. The van der Waals surface area contributed by atoms with E-state index in [0.717, 1.165) is 22.2 Å². The number of rotatable bonds is 4. The molecule has 0 atom stereocenters. The van der Waals surface area contributed by atoms with Gasteiger partial charge in [0.05, 0.1) is 5.69 Å². The lowest BCUT2D eigenvalue weighted by Gasteiger charge is -2.25. The Morgan fingerprint density at radius 3 is 2.00 bits per heavy atom. The fourth-order valence-electron chi connectivity index (χ4n) is 1.39. The molecule has 0 radical (unpaired) electrons. The van der Waals surface area contributed by atoms with Crippen molar-refractivity contribution < 1.29 is 4.79 Å². The predicted molar refractivity (Wildman–Crippen MR) is 91.1 cm³/mol. The van der Waals surface area contributed by atoms with Crippen LogP contribution < -0.4 is 4.90 Å². The molecule has 0 saturated carbocycles. The molecule has 0 spiro atoms. The summed E-state index contributed by atoms with van der Waals surface area (Å²) in [6.45, 7) is 5.47. The van der Waals surface area contributed by atoms with Crippen LogP contribution in [-0.4, -0.2) is 62.1 Å². The number of anilines is 1. The average molecular weight is 343 g/mol. The van der Waals surface area contributed by atoms with Crippen molar-refractivity contribution in [1.29, 1.82) is 0 Å². The number of nitrogens with zero attached hydrogens (tertiary/aromatic N) is 4. The Hall–Kier alpha value is -0.560. The van der Waals surface area contributed by atoms with Crippen molar-refractivity contribution in [2.75, 3.05) is 46.2 Å². The van der Waals surface area contributed by atoms with Crippen molar-refractivity contribution in [3.05, 3.63) is 10.6 Å². The van der Waals surface area contributed by atoms with Crippen LogP contribution in [0.25, 0.3) is 0 Å². The van der Waals surface area contributed by atoms with Gasteiger partial charge in [-0.3, -0.25) is 4.90 Å². The van der Waals surface area contributed by atoms with Crippen LogP contribution in [0.2, 0.25) is 0 Å². The molecule has 0 saturated heterocycles. The molecule has 0 bridgehead atoms. The maximum Gasteiger partial charge on any atom is 0.325 e. The number of halogens is 2. The number of carbonyl (C=O) groups excluding carboxylic acids is 1. The van der Waals surface area contributed by atoms with Gasteiger partial charge in [0.1, 0.15) is 0 Å². The van der Waals surface area contributed by atoms with E-state index in [2.05, 4.69) is 9.88 Å². The summed E-state index contributed by atoms with van der Waals surface area (Å²) in [4.78, 5) is 23.2. The van der Waals surface area contributed by atoms with Crippen LogP contribution in [-0.2, 0) is 0 Å². The van der Waals surface area contributed by atoms with Gasteiger partial charge in [-0.05, 0) is 27.9 Å². The first-order valence-corrected chi connectivity index (χ1v) is 6.72. The summed E-state index contributed by atoms with van der Waals surface area (Å²) < 4.78 is 0. The second-order valence-corrected chi connectivity index (χ2v) is 5.95. The molecule has 0 aliphatic carbocycles. The standard InChI is InChI=1S/C12H22N4OS.2ClH/c1-9-10(2)18-11(13-9)16(8-7-14(3)4)12(17)15(5)6;;/h7-8H2,1-6H3;2*1H. The summed E-state index contributed by atoms with van der Waals surface area (Å²) in [5, 5.41) is 0.783. The highest BCUT2D eigenvalue weighted by atomic mass is 35.5. The smallest absolute Gasteiger partial charge is 0.325 e. The number of aryl methyl sites for hydroxylation is 2. The van der Waals surface area contributed by atoms with E-state index in [4.69, 9.17) is 0 Å². The molecule has 8 heteroatoms. The first-order chi connectivity index (χ1) is 8.32. The highest BCUT2D eigenvalue weighted by Gasteiger charge is 2.21. The zero-order valence-corrected chi connectivity index (χ0v) is 15.3. The SMILES string of the molecule is Cc1nc(N(CCN(C)C)C(=O)N(C)C)sc1C.Cl.Cl. The Morgan fingerprint density at radius 1 is 1.10 bits per heavy atom. The lowest BCUT2D eigenvalue weighted by atomic mass is 10.4. The summed E-state index contributed by atoms with van der Waals surface area (Å²) in [6, 6.07) is -0.0226. The first kappa shape index (κ1) is 21.7. The Balaban J connectivity index is 0. The van der Waals surface area contributed by atoms with E-state index >= 15 is 0 Å². The second kappa shape index (κ2) is 9.39. The number of thiazole rings is 1. The molecule has 0 aliphatic heterocycles. The van der Waals surface area contributed by atoms with Crippen molar-refractivity contribution in [3.63, 3.8) is 0 Å². The van der Waals surface area contributed by atoms with Gasteiger partial charge >= 0.3 is 6.03 Å². The Morgan fingerprint density at radius 2 is 1.65 bits per heavy atom. The van der Waals surface area contributed by atoms with Gasteiger partial charge in [0.15, 0.2) is 5.13 Å². The van der Waals surface area contributed by atoms with E-state index < -0.39 is 0 Å². The number of amides is 2. The topological polar surface area (TPSA) is 39.7 Å². The highest BCUT2D eigenvalue weighted by molar-refractivity contribution is 7.15. The fraction of sp³-hybridized carbons (Fsp3) is 0.667.